The number of rotatable bonds is 6. The average molecular weight is 236 g/mol. The summed E-state index contributed by atoms with van der Waals surface area (Å²) in [5.74, 6) is -0.0516. The van der Waals surface area contributed by atoms with Gasteiger partial charge in [-0.05, 0) is 24.7 Å². The third-order valence-electron chi connectivity index (χ3n) is 2.57. The molecule has 0 aromatic heterocycles. The topological polar surface area (TPSA) is 41.6 Å². The molecule has 0 fully saturated rings. The van der Waals surface area contributed by atoms with Crippen molar-refractivity contribution in [2.24, 2.45) is 0 Å². The first-order chi connectivity index (χ1) is 8.17. The van der Waals surface area contributed by atoms with Crippen LogP contribution < -0.4 is 5.32 Å². The zero-order valence-corrected chi connectivity index (χ0v) is 10.7. The molecule has 4 heteroatoms. The largest absolute Gasteiger partial charge is 0.383 e. The molecule has 1 rings (SSSR count). The molecule has 0 atom stereocenters. The van der Waals surface area contributed by atoms with Gasteiger partial charge in [0.05, 0.1) is 6.61 Å². The summed E-state index contributed by atoms with van der Waals surface area (Å²) in [6, 6.07) is 7.65. The van der Waals surface area contributed by atoms with Crippen molar-refractivity contribution in [2.75, 3.05) is 34.4 Å². The Hall–Kier alpha value is -1.39. The highest BCUT2D eigenvalue weighted by atomic mass is 16.5. The molecule has 0 saturated carbocycles. The van der Waals surface area contributed by atoms with Crippen LogP contribution in [0.4, 0.5) is 0 Å². The molecule has 1 N–H and O–H groups in total. The molecular weight excluding hydrogens is 216 g/mol. The highest BCUT2D eigenvalue weighted by Crippen LogP contribution is 2.06. The fourth-order valence-corrected chi connectivity index (χ4v) is 1.54. The maximum absolute atomic E-state index is 11.4. The number of carbonyl (C=O) groups excluding carboxylic acids is 1. The van der Waals surface area contributed by atoms with E-state index in [1.165, 1.54) is 5.56 Å². The summed E-state index contributed by atoms with van der Waals surface area (Å²) in [6.07, 6.45) is 0. The minimum Gasteiger partial charge on any atom is -0.383 e. The fourth-order valence-electron chi connectivity index (χ4n) is 1.54. The van der Waals surface area contributed by atoms with Crippen molar-refractivity contribution in [3.63, 3.8) is 0 Å². The molecule has 17 heavy (non-hydrogen) atoms. The minimum atomic E-state index is -0.0516. The molecule has 0 radical (unpaired) electrons. The number of nitrogens with one attached hydrogen (secondary N) is 1. The summed E-state index contributed by atoms with van der Waals surface area (Å²) in [7, 11) is 5.38. The summed E-state index contributed by atoms with van der Waals surface area (Å²) in [5, 5.41) is 2.60. The van der Waals surface area contributed by atoms with Crippen molar-refractivity contribution >= 4 is 5.91 Å². The molecule has 0 bridgehead atoms. The van der Waals surface area contributed by atoms with E-state index in [2.05, 4.69) is 10.2 Å². The Kier molecular flexibility index (Phi) is 5.66. The van der Waals surface area contributed by atoms with E-state index in [1.54, 1.807) is 14.2 Å². The van der Waals surface area contributed by atoms with Gasteiger partial charge >= 0.3 is 0 Å². The predicted octanol–water partition coefficient (Wildman–Crippen LogP) is 1.12. The van der Waals surface area contributed by atoms with E-state index in [9.17, 15) is 4.79 Å². The van der Waals surface area contributed by atoms with Crippen LogP contribution in [0.3, 0.4) is 0 Å². The molecule has 1 aromatic rings. The summed E-state index contributed by atoms with van der Waals surface area (Å²) in [4.78, 5) is 13.5. The van der Waals surface area contributed by atoms with Gasteiger partial charge in [-0.3, -0.25) is 9.69 Å². The third kappa shape index (κ3) is 4.54. The zero-order valence-electron chi connectivity index (χ0n) is 10.7. The molecule has 0 saturated heterocycles. The van der Waals surface area contributed by atoms with E-state index in [1.807, 2.05) is 31.3 Å². The van der Waals surface area contributed by atoms with Gasteiger partial charge in [-0.2, -0.15) is 0 Å². The molecule has 1 amide bonds. The molecule has 0 aliphatic heterocycles. The van der Waals surface area contributed by atoms with Gasteiger partial charge in [-0.25, -0.2) is 0 Å². The van der Waals surface area contributed by atoms with Crippen molar-refractivity contribution in [3.8, 4) is 0 Å². The number of amides is 1. The lowest BCUT2D eigenvalue weighted by atomic mass is 10.1. The van der Waals surface area contributed by atoms with Crippen molar-refractivity contribution in [1.82, 2.24) is 10.2 Å². The van der Waals surface area contributed by atoms with Crippen LogP contribution in [0.2, 0.25) is 0 Å². The second-order valence-electron chi connectivity index (χ2n) is 4.01. The van der Waals surface area contributed by atoms with E-state index in [0.29, 0.717) is 5.56 Å². The Balaban J connectivity index is 2.53. The first kappa shape index (κ1) is 13.7. The number of likely N-dealkylation sites (N-methyl/N-ethyl adjacent to an activating group) is 1. The number of ether oxygens (including phenoxy) is 1. The first-order valence-corrected chi connectivity index (χ1v) is 5.66. The highest BCUT2D eigenvalue weighted by molar-refractivity contribution is 5.93. The maximum atomic E-state index is 11.4. The van der Waals surface area contributed by atoms with Crippen LogP contribution >= 0.6 is 0 Å². The molecular formula is C13H20N2O2. The van der Waals surface area contributed by atoms with Crippen LogP contribution in [-0.2, 0) is 11.3 Å². The lowest BCUT2D eigenvalue weighted by Gasteiger charge is -2.16. The van der Waals surface area contributed by atoms with E-state index in [4.69, 9.17) is 4.74 Å². The normalized spacial score (nSPS) is 10.6. The van der Waals surface area contributed by atoms with Crippen LogP contribution in [0.5, 0.6) is 0 Å². The molecule has 0 unspecified atom stereocenters. The van der Waals surface area contributed by atoms with E-state index in [0.717, 1.165) is 19.7 Å². The van der Waals surface area contributed by atoms with E-state index < -0.39 is 0 Å². The van der Waals surface area contributed by atoms with Crippen LogP contribution in [0.1, 0.15) is 15.9 Å². The van der Waals surface area contributed by atoms with Gasteiger partial charge < -0.3 is 10.1 Å². The van der Waals surface area contributed by atoms with Crippen LogP contribution in [0.15, 0.2) is 24.3 Å². The van der Waals surface area contributed by atoms with Gasteiger partial charge in [0.25, 0.3) is 5.91 Å². The minimum absolute atomic E-state index is 0.0516. The van der Waals surface area contributed by atoms with Gasteiger partial charge in [-0.15, -0.1) is 0 Å². The van der Waals surface area contributed by atoms with Crippen LogP contribution in [0.25, 0.3) is 0 Å². The number of benzene rings is 1. The second-order valence-corrected chi connectivity index (χ2v) is 4.01. The fraction of sp³-hybridized carbons (Fsp3) is 0.462. The number of hydrogen-bond acceptors (Lipinski definition) is 3. The Morgan fingerprint density at radius 3 is 2.53 bits per heavy atom. The standard InChI is InChI=1S/C13H20N2O2/c1-14-13(16)12-6-4-11(5-7-12)10-15(2)8-9-17-3/h4-7H,8-10H2,1-3H3,(H,14,16). The molecule has 0 aliphatic carbocycles. The predicted molar refractivity (Wildman–Crippen MR) is 68.0 cm³/mol. The van der Waals surface area contributed by atoms with Crippen molar-refractivity contribution < 1.29 is 9.53 Å². The Labute approximate surface area is 103 Å². The Bertz CT molecular complexity index is 349. The van der Waals surface area contributed by atoms with Crippen molar-refractivity contribution in [1.29, 1.82) is 0 Å². The van der Waals surface area contributed by atoms with Crippen molar-refractivity contribution in [2.45, 2.75) is 6.54 Å². The molecule has 94 valence electrons. The van der Waals surface area contributed by atoms with Gasteiger partial charge in [0.15, 0.2) is 0 Å². The smallest absolute Gasteiger partial charge is 0.251 e. The lowest BCUT2D eigenvalue weighted by molar-refractivity contribution is 0.0963. The van der Waals surface area contributed by atoms with E-state index in [-0.39, 0.29) is 5.91 Å². The molecule has 0 spiro atoms. The highest BCUT2D eigenvalue weighted by Gasteiger charge is 2.03. The number of hydrogen-bond donors (Lipinski definition) is 1. The van der Waals surface area contributed by atoms with Gasteiger partial charge in [0, 0.05) is 32.8 Å². The lowest BCUT2D eigenvalue weighted by Crippen LogP contribution is -2.22. The second kappa shape index (κ2) is 7.04. The van der Waals surface area contributed by atoms with Gasteiger partial charge in [0.1, 0.15) is 0 Å². The number of methoxy groups -OCH3 is 1. The first-order valence-electron chi connectivity index (χ1n) is 5.66. The van der Waals surface area contributed by atoms with Gasteiger partial charge in [0.2, 0.25) is 0 Å². The summed E-state index contributed by atoms with van der Waals surface area (Å²) >= 11 is 0. The summed E-state index contributed by atoms with van der Waals surface area (Å²) in [6.45, 7) is 2.48. The Morgan fingerprint density at radius 1 is 1.35 bits per heavy atom. The summed E-state index contributed by atoms with van der Waals surface area (Å²) in [5.41, 5.74) is 1.88. The molecule has 1 aromatic carbocycles. The van der Waals surface area contributed by atoms with Crippen LogP contribution in [0, 0.1) is 0 Å². The summed E-state index contributed by atoms with van der Waals surface area (Å²) < 4.78 is 5.02. The number of carbonyl (C=O) groups is 1. The molecule has 0 aliphatic rings. The number of nitrogens with zero attached hydrogens (tertiary/aromatic N) is 1. The SMILES string of the molecule is CNC(=O)c1ccc(CN(C)CCOC)cc1. The zero-order chi connectivity index (χ0) is 12.7. The van der Waals surface area contributed by atoms with Crippen molar-refractivity contribution in [3.05, 3.63) is 35.4 Å². The average Bonchev–Trinajstić information content (AvgIpc) is 2.36. The molecule has 0 heterocycles. The quantitative estimate of drug-likeness (QED) is 0.805. The van der Waals surface area contributed by atoms with Gasteiger partial charge in [-0.1, -0.05) is 12.1 Å². The Morgan fingerprint density at radius 2 is 2.00 bits per heavy atom. The monoisotopic (exact) mass is 236 g/mol. The third-order valence-corrected chi connectivity index (χ3v) is 2.57. The molecule has 4 nitrogen and oxygen atoms in total. The van der Waals surface area contributed by atoms with Crippen LogP contribution in [-0.4, -0.2) is 45.2 Å². The maximum Gasteiger partial charge on any atom is 0.251 e. The van der Waals surface area contributed by atoms with E-state index >= 15 is 0 Å².